The number of halogens is 3. The number of rotatable bonds is 2. The first-order valence-electron chi connectivity index (χ1n) is 5.40. The minimum Gasteiger partial charge on any atom is -0.316 e. The molecule has 0 aromatic heterocycles. The van der Waals surface area contributed by atoms with Crippen LogP contribution in [0.3, 0.4) is 0 Å². The summed E-state index contributed by atoms with van der Waals surface area (Å²) in [7, 11) is 0. The van der Waals surface area contributed by atoms with Gasteiger partial charge in [0.15, 0.2) is 0 Å². The van der Waals surface area contributed by atoms with Gasteiger partial charge in [0.1, 0.15) is 11.6 Å². The van der Waals surface area contributed by atoms with Gasteiger partial charge in [-0.25, -0.2) is 8.78 Å². The SMILES string of the molecule is Cl.Fc1ccc(F)c(CC2CCCNC2)c1. The maximum absolute atomic E-state index is 13.3. The molecule has 0 amide bonds. The summed E-state index contributed by atoms with van der Waals surface area (Å²) in [6.45, 7) is 1.96. The topological polar surface area (TPSA) is 12.0 Å². The van der Waals surface area contributed by atoms with Crippen LogP contribution in [-0.2, 0) is 6.42 Å². The second-order valence-electron chi connectivity index (χ2n) is 4.15. The van der Waals surface area contributed by atoms with Crippen molar-refractivity contribution < 1.29 is 8.78 Å². The van der Waals surface area contributed by atoms with Gasteiger partial charge in [-0.05, 0) is 62.0 Å². The molecule has 1 nitrogen and oxygen atoms in total. The molecule has 1 aromatic rings. The Morgan fingerprint density at radius 1 is 1.31 bits per heavy atom. The first-order valence-corrected chi connectivity index (χ1v) is 5.40. The van der Waals surface area contributed by atoms with Crippen molar-refractivity contribution in [3.05, 3.63) is 35.4 Å². The van der Waals surface area contributed by atoms with Crippen LogP contribution in [0.2, 0.25) is 0 Å². The van der Waals surface area contributed by atoms with Crippen molar-refractivity contribution in [2.45, 2.75) is 19.3 Å². The molecule has 0 spiro atoms. The lowest BCUT2D eigenvalue weighted by atomic mass is 9.92. The van der Waals surface area contributed by atoms with E-state index in [2.05, 4.69) is 5.32 Å². The zero-order valence-corrected chi connectivity index (χ0v) is 9.83. The monoisotopic (exact) mass is 247 g/mol. The lowest BCUT2D eigenvalue weighted by Crippen LogP contribution is -2.31. The van der Waals surface area contributed by atoms with Crippen molar-refractivity contribution in [3.63, 3.8) is 0 Å². The van der Waals surface area contributed by atoms with Crippen LogP contribution in [0, 0.1) is 17.6 Å². The summed E-state index contributed by atoms with van der Waals surface area (Å²) in [5.74, 6) is -0.202. The molecule has 1 aromatic carbocycles. The molecule has 1 unspecified atom stereocenters. The van der Waals surface area contributed by atoms with Crippen LogP contribution in [0.1, 0.15) is 18.4 Å². The average Bonchev–Trinajstić information content (AvgIpc) is 2.25. The number of piperidine rings is 1. The molecule has 4 heteroatoms. The van der Waals surface area contributed by atoms with E-state index < -0.39 is 0 Å². The van der Waals surface area contributed by atoms with Crippen LogP contribution in [0.5, 0.6) is 0 Å². The Bertz CT molecular complexity index is 338. The molecule has 90 valence electrons. The lowest BCUT2D eigenvalue weighted by molar-refractivity contribution is 0.371. The third-order valence-electron chi connectivity index (χ3n) is 2.92. The molecule has 0 bridgehead atoms. The van der Waals surface area contributed by atoms with E-state index in [0.29, 0.717) is 17.9 Å². The van der Waals surface area contributed by atoms with Gasteiger partial charge >= 0.3 is 0 Å². The van der Waals surface area contributed by atoms with Crippen molar-refractivity contribution in [1.29, 1.82) is 0 Å². The van der Waals surface area contributed by atoms with Crippen molar-refractivity contribution in [2.75, 3.05) is 13.1 Å². The highest BCUT2D eigenvalue weighted by molar-refractivity contribution is 5.85. The molecule has 0 aliphatic carbocycles. The van der Waals surface area contributed by atoms with Crippen LogP contribution < -0.4 is 5.32 Å². The predicted octanol–water partition coefficient (Wildman–Crippen LogP) is 2.93. The van der Waals surface area contributed by atoms with E-state index in [-0.39, 0.29) is 24.0 Å². The van der Waals surface area contributed by atoms with Gasteiger partial charge < -0.3 is 5.32 Å². The molecule has 1 aliphatic rings. The molecule has 1 saturated heterocycles. The van der Waals surface area contributed by atoms with Gasteiger partial charge in [-0.3, -0.25) is 0 Å². The molecular weight excluding hydrogens is 232 g/mol. The summed E-state index contributed by atoms with van der Waals surface area (Å²) in [5.41, 5.74) is 0.503. The smallest absolute Gasteiger partial charge is 0.126 e. The Morgan fingerprint density at radius 3 is 2.81 bits per heavy atom. The zero-order valence-electron chi connectivity index (χ0n) is 9.01. The summed E-state index contributed by atoms with van der Waals surface area (Å²) in [4.78, 5) is 0. The minimum absolute atomic E-state index is 0. The highest BCUT2D eigenvalue weighted by Gasteiger charge is 2.15. The summed E-state index contributed by atoms with van der Waals surface area (Å²) < 4.78 is 26.3. The van der Waals surface area contributed by atoms with Gasteiger partial charge in [0.2, 0.25) is 0 Å². The van der Waals surface area contributed by atoms with Crippen LogP contribution in [-0.4, -0.2) is 13.1 Å². The summed E-state index contributed by atoms with van der Waals surface area (Å²) >= 11 is 0. The molecule has 1 heterocycles. The Kier molecular flexibility index (Phi) is 5.16. The van der Waals surface area contributed by atoms with Crippen molar-refractivity contribution in [3.8, 4) is 0 Å². The zero-order chi connectivity index (χ0) is 10.7. The van der Waals surface area contributed by atoms with Gasteiger partial charge in [-0.2, -0.15) is 0 Å². The molecule has 0 saturated carbocycles. The van der Waals surface area contributed by atoms with Crippen molar-refractivity contribution in [2.24, 2.45) is 5.92 Å². The molecular formula is C12H16ClF2N. The van der Waals surface area contributed by atoms with E-state index in [1.165, 1.54) is 12.1 Å². The van der Waals surface area contributed by atoms with Gasteiger partial charge in [-0.1, -0.05) is 0 Å². The van der Waals surface area contributed by atoms with E-state index in [0.717, 1.165) is 32.0 Å². The van der Waals surface area contributed by atoms with Crippen LogP contribution in [0.15, 0.2) is 18.2 Å². The second-order valence-corrected chi connectivity index (χ2v) is 4.15. The molecule has 1 N–H and O–H groups in total. The van der Waals surface area contributed by atoms with Crippen LogP contribution in [0.4, 0.5) is 8.78 Å². The lowest BCUT2D eigenvalue weighted by Gasteiger charge is -2.22. The van der Waals surface area contributed by atoms with Crippen molar-refractivity contribution >= 4 is 12.4 Å². The Hall–Kier alpha value is -0.670. The van der Waals surface area contributed by atoms with Gasteiger partial charge in [0, 0.05) is 0 Å². The van der Waals surface area contributed by atoms with E-state index in [9.17, 15) is 8.78 Å². The Morgan fingerprint density at radius 2 is 2.12 bits per heavy atom. The fourth-order valence-corrected chi connectivity index (χ4v) is 2.11. The highest BCUT2D eigenvalue weighted by atomic mass is 35.5. The molecule has 16 heavy (non-hydrogen) atoms. The third-order valence-corrected chi connectivity index (χ3v) is 2.92. The Labute approximate surface area is 101 Å². The van der Waals surface area contributed by atoms with Crippen LogP contribution >= 0.6 is 12.4 Å². The number of benzene rings is 1. The predicted molar refractivity (Wildman–Crippen MR) is 62.9 cm³/mol. The van der Waals surface area contributed by atoms with Crippen molar-refractivity contribution in [1.82, 2.24) is 5.32 Å². The standard InChI is InChI=1S/C12H15F2N.ClH/c13-11-3-4-12(14)10(7-11)6-9-2-1-5-15-8-9;/h3-4,7,9,15H,1-2,5-6,8H2;1H. The fourth-order valence-electron chi connectivity index (χ4n) is 2.11. The minimum atomic E-state index is -0.352. The van der Waals surface area contributed by atoms with E-state index in [4.69, 9.17) is 0 Å². The largest absolute Gasteiger partial charge is 0.316 e. The normalized spacial score (nSPS) is 20.2. The molecule has 1 aliphatic heterocycles. The van der Waals surface area contributed by atoms with Gasteiger partial charge in [0.25, 0.3) is 0 Å². The maximum Gasteiger partial charge on any atom is 0.126 e. The molecule has 0 radical (unpaired) electrons. The van der Waals surface area contributed by atoms with E-state index in [1.807, 2.05) is 0 Å². The second kappa shape index (κ2) is 6.16. The highest BCUT2D eigenvalue weighted by Crippen LogP contribution is 2.19. The maximum atomic E-state index is 13.3. The molecule has 1 atom stereocenters. The quantitative estimate of drug-likeness (QED) is 0.847. The van der Waals surface area contributed by atoms with Gasteiger partial charge in [-0.15, -0.1) is 12.4 Å². The third kappa shape index (κ3) is 3.42. The Balaban J connectivity index is 0.00000128. The summed E-state index contributed by atoms with van der Waals surface area (Å²) in [6, 6.07) is 3.68. The summed E-state index contributed by atoms with van der Waals surface area (Å²) in [5, 5.41) is 3.27. The van der Waals surface area contributed by atoms with E-state index in [1.54, 1.807) is 0 Å². The summed E-state index contributed by atoms with van der Waals surface area (Å²) in [6.07, 6.45) is 2.86. The number of hydrogen-bond acceptors (Lipinski definition) is 1. The number of hydrogen-bond donors (Lipinski definition) is 1. The molecule has 2 rings (SSSR count). The first-order chi connectivity index (χ1) is 7.25. The van der Waals surface area contributed by atoms with E-state index >= 15 is 0 Å². The average molecular weight is 248 g/mol. The number of nitrogens with one attached hydrogen (secondary N) is 1. The van der Waals surface area contributed by atoms with Gasteiger partial charge in [0.05, 0.1) is 0 Å². The van der Waals surface area contributed by atoms with Crippen LogP contribution in [0.25, 0.3) is 0 Å². The fraction of sp³-hybridized carbons (Fsp3) is 0.500. The first kappa shape index (κ1) is 13.4. The molecule has 1 fully saturated rings.